The lowest BCUT2D eigenvalue weighted by molar-refractivity contribution is -0.150. The minimum Gasteiger partial charge on any atom is -0.489 e. The van der Waals surface area contributed by atoms with Crippen molar-refractivity contribution in [2.45, 2.75) is 245 Å². The first kappa shape index (κ1) is 64.9. The minimum absolute atomic E-state index is 0.0169. The van der Waals surface area contributed by atoms with E-state index < -0.39 is 24.1 Å². The first-order valence-electron chi connectivity index (χ1n) is 30.2. The molecule has 9 nitrogen and oxygen atoms in total. The van der Waals surface area contributed by atoms with E-state index in [1.165, 1.54) is 180 Å². The molecule has 0 fully saturated rings. The zero-order valence-electron chi connectivity index (χ0n) is 47.9. The number of carbonyl (C=O) groups is 2. The molecule has 0 aliphatic rings. The SMILES string of the molecule is C=C(C)C(=O)OC(COCCCCCCCCCCCCCCCCCC)COc1cc(Oc2ccccc2)c(OCC(COCCCCCCCCCCCCCCCCCC)OC(=O)C(=C)C)c2ccccc12. The Labute approximate surface area is 456 Å². The van der Waals surface area contributed by atoms with E-state index in [1.807, 2.05) is 54.6 Å². The van der Waals surface area contributed by atoms with Gasteiger partial charge in [-0.05, 0) is 38.8 Å². The van der Waals surface area contributed by atoms with Crippen molar-refractivity contribution in [2.24, 2.45) is 0 Å². The van der Waals surface area contributed by atoms with Crippen LogP contribution in [0.1, 0.15) is 233 Å². The fourth-order valence-corrected chi connectivity index (χ4v) is 9.28. The Bertz CT molecular complexity index is 1930. The third kappa shape index (κ3) is 31.5. The van der Waals surface area contributed by atoms with Crippen LogP contribution in [0, 0.1) is 0 Å². The van der Waals surface area contributed by atoms with Crippen LogP contribution in [-0.2, 0) is 28.5 Å². The summed E-state index contributed by atoms with van der Waals surface area (Å²) < 4.78 is 43.5. The smallest absolute Gasteiger partial charge is 0.333 e. The second-order valence-corrected chi connectivity index (χ2v) is 21.2. The summed E-state index contributed by atoms with van der Waals surface area (Å²) in [6.45, 7) is 17.0. The van der Waals surface area contributed by atoms with Gasteiger partial charge in [0.1, 0.15) is 24.7 Å². The molecule has 9 heteroatoms. The van der Waals surface area contributed by atoms with E-state index in [0.717, 1.165) is 36.5 Å². The molecule has 2 unspecified atom stereocenters. The Morgan fingerprint density at radius 2 is 0.760 bits per heavy atom. The number of hydrogen-bond acceptors (Lipinski definition) is 9. The fraction of sp³-hybridized carbons (Fsp3) is 0.667. The summed E-state index contributed by atoms with van der Waals surface area (Å²) in [4.78, 5) is 25.7. The van der Waals surface area contributed by atoms with Crippen molar-refractivity contribution in [1.82, 2.24) is 0 Å². The Balaban J connectivity index is 1.53. The summed E-state index contributed by atoms with van der Waals surface area (Å²) in [6, 6.07) is 19.0. The highest BCUT2D eigenvalue weighted by Crippen LogP contribution is 2.44. The zero-order valence-corrected chi connectivity index (χ0v) is 47.9. The lowest BCUT2D eigenvalue weighted by Crippen LogP contribution is -2.30. The van der Waals surface area contributed by atoms with E-state index >= 15 is 0 Å². The number of ether oxygens (including phenoxy) is 7. The Morgan fingerprint density at radius 3 is 1.15 bits per heavy atom. The normalized spacial score (nSPS) is 12.1. The predicted molar refractivity (Wildman–Crippen MR) is 312 cm³/mol. The molecule has 3 aromatic rings. The predicted octanol–water partition coefficient (Wildman–Crippen LogP) is 18.9. The van der Waals surface area contributed by atoms with Crippen molar-refractivity contribution >= 4 is 22.7 Å². The van der Waals surface area contributed by atoms with Gasteiger partial charge in [-0.25, -0.2) is 9.59 Å². The number of fused-ring (bicyclic) bond motifs is 1. The molecular weight excluding hydrogens is 937 g/mol. The molecule has 422 valence electrons. The van der Waals surface area contributed by atoms with Crippen LogP contribution < -0.4 is 14.2 Å². The van der Waals surface area contributed by atoms with Gasteiger partial charge in [-0.15, -0.1) is 0 Å². The highest BCUT2D eigenvalue weighted by Gasteiger charge is 2.23. The maximum atomic E-state index is 12.9. The number of esters is 2. The highest BCUT2D eigenvalue weighted by molar-refractivity contribution is 5.96. The van der Waals surface area contributed by atoms with Gasteiger partial charge in [-0.1, -0.05) is 262 Å². The molecule has 0 heterocycles. The fourth-order valence-electron chi connectivity index (χ4n) is 9.28. The average Bonchev–Trinajstić information content (AvgIpc) is 3.41. The van der Waals surface area contributed by atoms with Crippen LogP contribution in [0.15, 0.2) is 85.0 Å². The summed E-state index contributed by atoms with van der Waals surface area (Å²) in [6.07, 6.45) is 40.6. The molecule has 0 aliphatic carbocycles. The summed E-state index contributed by atoms with van der Waals surface area (Å²) in [5.41, 5.74) is 0.608. The van der Waals surface area contributed by atoms with Crippen LogP contribution in [0.3, 0.4) is 0 Å². The number of unbranched alkanes of at least 4 members (excludes halogenated alkanes) is 30. The molecule has 3 rings (SSSR count). The van der Waals surface area contributed by atoms with E-state index in [2.05, 4.69) is 27.0 Å². The van der Waals surface area contributed by atoms with Crippen LogP contribution >= 0.6 is 0 Å². The number of para-hydroxylation sites is 1. The second kappa shape index (κ2) is 43.7. The Morgan fingerprint density at radius 1 is 0.413 bits per heavy atom. The van der Waals surface area contributed by atoms with E-state index in [4.69, 9.17) is 33.2 Å². The van der Waals surface area contributed by atoms with Gasteiger partial charge in [0.15, 0.2) is 23.7 Å². The third-order valence-corrected chi connectivity index (χ3v) is 13.9. The lowest BCUT2D eigenvalue weighted by atomic mass is 10.0. The molecular formula is C66H104O9. The van der Waals surface area contributed by atoms with Gasteiger partial charge in [0.2, 0.25) is 0 Å². The van der Waals surface area contributed by atoms with Gasteiger partial charge in [0, 0.05) is 41.2 Å². The van der Waals surface area contributed by atoms with Crippen molar-refractivity contribution in [3.05, 3.63) is 85.0 Å². The second-order valence-electron chi connectivity index (χ2n) is 21.2. The molecule has 0 saturated heterocycles. The molecule has 0 bridgehead atoms. The monoisotopic (exact) mass is 1040 g/mol. The van der Waals surface area contributed by atoms with Crippen LogP contribution in [0.2, 0.25) is 0 Å². The Hall–Kier alpha value is -4.34. The maximum absolute atomic E-state index is 12.9. The van der Waals surface area contributed by atoms with Crippen LogP contribution in [0.25, 0.3) is 10.8 Å². The van der Waals surface area contributed by atoms with Gasteiger partial charge in [-0.2, -0.15) is 0 Å². The van der Waals surface area contributed by atoms with Crippen molar-refractivity contribution in [3.8, 4) is 23.0 Å². The molecule has 0 aliphatic heterocycles. The molecule has 0 aromatic heterocycles. The highest BCUT2D eigenvalue weighted by atomic mass is 16.6. The van der Waals surface area contributed by atoms with Crippen molar-refractivity contribution in [3.63, 3.8) is 0 Å². The largest absolute Gasteiger partial charge is 0.489 e. The summed E-state index contributed by atoms with van der Waals surface area (Å²) in [5.74, 6) is 0.997. The quantitative estimate of drug-likeness (QED) is 0.0311. The van der Waals surface area contributed by atoms with E-state index in [-0.39, 0.29) is 26.4 Å². The van der Waals surface area contributed by atoms with Gasteiger partial charge >= 0.3 is 11.9 Å². The van der Waals surface area contributed by atoms with E-state index in [0.29, 0.717) is 47.4 Å². The van der Waals surface area contributed by atoms with Crippen LogP contribution in [0.5, 0.6) is 23.0 Å². The summed E-state index contributed by atoms with van der Waals surface area (Å²) >= 11 is 0. The van der Waals surface area contributed by atoms with E-state index in [1.54, 1.807) is 19.9 Å². The lowest BCUT2D eigenvalue weighted by Gasteiger charge is -2.23. The van der Waals surface area contributed by atoms with Crippen molar-refractivity contribution < 1.29 is 42.7 Å². The molecule has 2 atom stereocenters. The molecule has 0 amide bonds. The maximum Gasteiger partial charge on any atom is 0.333 e. The number of carbonyl (C=O) groups excluding carboxylic acids is 2. The third-order valence-electron chi connectivity index (χ3n) is 13.9. The standard InChI is InChI=1S/C66H104O9/c1-7-9-11-13-15-17-19-21-23-25-27-29-31-33-35-42-48-69-51-58(74-65(67)55(3)4)53-71-62-50-63(73-57-44-38-37-39-45-57)64(61-47-41-40-46-60(61)62)72-54-59(75-66(68)56(5)6)52-70-49-43-36-34-32-30-28-26-24-22-20-18-16-14-12-10-8-2/h37-41,44-47,50,58-59H,3,5,7-36,42-43,48-49,51-54H2,1-2,4,6H3. The Kier molecular flexibility index (Phi) is 37.9. The van der Waals surface area contributed by atoms with Gasteiger partial charge in [-0.3, -0.25) is 0 Å². The van der Waals surface area contributed by atoms with Crippen molar-refractivity contribution in [1.29, 1.82) is 0 Å². The first-order valence-corrected chi connectivity index (χ1v) is 30.2. The molecule has 75 heavy (non-hydrogen) atoms. The minimum atomic E-state index is -0.697. The molecule has 0 N–H and O–H groups in total. The average molecular weight is 1040 g/mol. The van der Waals surface area contributed by atoms with Gasteiger partial charge in [0.25, 0.3) is 0 Å². The molecule has 3 aromatic carbocycles. The number of rotatable bonds is 50. The topological polar surface area (TPSA) is 98.8 Å². The van der Waals surface area contributed by atoms with Crippen LogP contribution in [-0.4, -0.2) is 63.8 Å². The van der Waals surface area contributed by atoms with Crippen LogP contribution in [0.4, 0.5) is 0 Å². The number of hydrogen-bond donors (Lipinski definition) is 0. The zero-order chi connectivity index (χ0) is 53.8. The first-order chi connectivity index (χ1) is 36.7. The molecule has 0 radical (unpaired) electrons. The van der Waals surface area contributed by atoms with E-state index in [9.17, 15) is 9.59 Å². The molecule has 0 spiro atoms. The number of benzene rings is 3. The van der Waals surface area contributed by atoms with Crippen molar-refractivity contribution in [2.75, 3.05) is 39.6 Å². The summed E-state index contributed by atoms with van der Waals surface area (Å²) in [5, 5.41) is 1.50. The van der Waals surface area contributed by atoms with Gasteiger partial charge < -0.3 is 33.2 Å². The van der Waals surface area contributed by atoms with Gasteiger partial charge in [0.05, 0.1) is 13.2 Å². The summed E-state index contributed by atoms with van der Waals surface area (Å²) in [7, 11) is 0. The molecule has 0 saturated carbocycles.